The molecule has 1 aliphatic heterocycles. The SMILES string of the molecule is C1=C(C2=NC(c3cccc(-c4ccc(-c5ccccc5)cc4)c3)=CCN2)CCC(n2c3ccccc3c3ccc4ccccc4c32)=C1. The lowest BCUT2D eigenvalue weighted by Gasteiger charge is -2.22. The monoisotopic (exact) mass is 603 g/mol. The van der Waals surface area contributed by atoms with Crippen molar-refractivity contribution in [2.45, 2.75) is 12.8 Å². The van der Waals surface area contributed by atoms with Crippen molar-refractivity contribution in [1.29, 1.82) is 0 Å². The van der Waals surface area contributed by atoms with E-state index in [0.717, 1.165) is 36.5 Å². The van der Waals surface area contributed by atoms with Gasteiger partial charge in [0.25, 0.3) is 0 Å². The molecule has 0 radical (unpaired) electrons. The highest BCUT2D eigenvalue weighted by molar-refractivity contribution is 6.19. The van der Waals surface area contributed by atoms with Crippen molar-refractivity contribution >= 4 is 49.8 Å². The molecule has 0 saturated carbocycles. The summed E-state index contributed by atoms with van der Waals surface area (Å²) in [5.74, 6) is 0.975. The number of allylic oxidation sites excluding steroid dienone is 3. The van der Waals surface area contributed by atoms with Crippen LogP contribution in [0.15, 0.2) is 168 Å². The quantitative estimate of drug-likeness (QED) is 0.208. The van der Waals surface area contributed by atoms with E-state index in [4.69, 9.17) is 4.99 Å². The molecule has 47 heavy (non-hydrogen) atoms. The number of rotatable bonds is 5. The number of aromatic nitrogens is 1. The van der Waals surface area contributed by atoms with Gasteiger partial charge in [-0.05, 0) is 70.3 Å². The molecule has 1 aliphatic carbocycles. The van der Waals surface area contributed by atoms with Crippen molar-refractivity contribution in [2.75, 3.05) is 6.54 Å². The van der Waals surface area contributed by atoms with E-state index in [9.17, 15) is 0 Å². The van der Waals surface area contributed by atoms with Gasteiger partial charge in [0, 0.05) is 34.0 Å². The summed E-state index contributed by atoms with van der Waals surface area (Å²) in [6, 6.07) is 50.1. The van der Waals surface area contributed by atoms with Crippen LogP contribution >= 0.6 is 0 Å². The minimum atomic E-state index is 0.761. The van der Waals surface area contributed by atoms with Crippen molar-refractivity contribution in [2.24, 2.45) is 4.99 Å². The second-order valence-corrected chi connectivity index (χ2v) is 12.3. The summed E-state index contributed by atoms with van der Waals surface area (Å²) in [6.45, 7) is 0.761. The first kappa shape index (κ1) is 27.4. The number of para-hydroxylation sites is 1. The minimum Gasteiger partial charge on any atom is -0.366 e. The summed E-state index contributed by atoms with van der Waals surface area (Å²) >= 11 is 0. The van der Waals surface area contributed by atoms with Gasteiger partial charge in [-0.15, -0.1) is 0 Å². The Morgan fingerprint density at radius 3 is 2.06 bits per heavy atom. The Morgan fingerprint density at radius 2 is 1.23 bits per heavy atom. The van der Waals surface area contributed by atoms with Crippen LogP contribution < -0.4 is 5.32 Å². The highest BCUT2D eigenvalue weighted by Gasteiger charge is 2.20. The molecule has 224 valence electrons. The van der Waals surface area contributed by atoms with Crippen LogP contribution in [0.1, 0.15) is 18.4 Å². The van der Waals surface area contributed by atoms with E-state index in [-0.39, 0.29) is 0 Å². The smallest absolute Gasteiger partial charge is 0.130 e. The number of hydrogen-bond acceptors (Lipinski definition) is 2. The van der Waals surface area contributed by atoms with Crippen LogP contribution in [0.4, 0.5) is 0 Å². The van der Waals surface area contributed by atoms with Crippen molar-refractivity contribution in [1.82, 2.24) is 9.88 Å². The third-order valence-corrected chi connectivity index (χ3v) is 9.56. The largest absolute Gasteiger partial charge is 0.366 e. The zero-order chi connectivity index (χ0) is 31.2. The van der Waals surface area contributed by atoms with Gasteiger partial charge in [-0.2, -0.15) is 0 Å². The standard InChI is InChI=1S/C44H33N3/c1-2-9-30(10-3-1)31-17-19-32(20-18-31)35-12-8-13-36(29-35)41-27-28-45-44(46-41)34-21-24-37(25-22-34)47-42-16-7-6-15-39(42)40-26-23-33-11-4-5-14-38(33)43(40)47/h1-21,23-24,26-27,29H,22,25,28H2,(H,45,46). The molecular weight excluding hydrogens is 571 g/mol. The molecule has 1 aromatic heterocycles. The number of nitrogens with zero attached hydrogens (tertiary/aromatic N) is 2. The zero-order valence-electron chi connectivity index (χ0n) is 26.0. The van der Waals surface area contributed by atoms with Crippen molar-refractivity contribution in [3.8, 4) is 22.3 Å². The van der Waals surface area contributed by atoms with Gasteiger partial charge in [-0.1, -0.05) is 133 Å². The van der Waals surface area contributed by atoms with Gasteiger partial charge in [0.2, 0.25) is 0 Å². The van der Waals surface area contributed by atoms with Gasteiger partial charge >= 0.3 is 0 Å². The maximum absolute atomic E-state index is 5.16. The van der Waals surface area contributed by atoms with Crippen LogP contribution in [0, 0.1) is 0 Å². The number of aliphatic imine (C=N–C) groups is 1. The van der Waals surface area contributed by atoms with E-state index in [1.807, 2.05) is 0 Å². The van der Waals surface area contributed by atoms with Crippen molar-refractivity contribution in [3.63, 3.8) is 0 Å². The fraction of sp³-hybridized carbons (Fsp3) is 0.0682. The Hall–Kier alpha value is -5.93. The molecule has 7 aromatic rings. The number of nitrogens with one attached hydrogen (secondary N) is 1. The highest BCUT2D eigenvalue weighted by atomic mass is 15.0. The first-order chi connectivity index (χ1) is 23.3. The molecule has 0 saturated heterocycles. The molecule has 2 aliphatic rings. The van der Waals surface area contributed by atoms with Crippen LogP contribution in [-0.2, 0) is 0 Å². The fourth-order valence-electron chi connectivity index (χ4n) is 7.20. The predicted molar refractivity (Wildman–Crippen MR) is 199 cm³/mol. The second kappa shape index (κ2) is 11.5. The van der Waals surface area contributed by atoms with E-state index < -0.39 is 0 Å². The molecule has 0 unspecified atom stereocenters. The summed E-state index contributed by atoms with van der Waals surface area (Å²) in [5, 5.41) is 8.72. The van der Waals surface area contributed by atoms with Gasteiger partial charge in [-0.25, -0.2) is 4.99 Å². The average Bonchev–Trinajstić information content (AvgIpc) is 3.50. The Bertz CT molecular complexity index is 2440. The third kappa shape index (κ3) is 4.88. The van der Waals surface area contributed by atoms with Gasteiger partial charge in [0.1, 0.15) is 5.84 Å². The summed E-state index contributed by atoms with van der Waals surface area (Å²) in [5.41, 5.74) is 12.1. The Balaban J connectivity index is 1.03. The van der Waals surface area contributed by atoms with Gasteiger partial charge in [0.15, 0.2) is 0 Å². The highest BCUT2D eigenvalue weighted by Crippen LogP contribution is 2.38. The van der Waals surface area contributed by atoms with E-state index >= 15 is 0 Å². The third-order valence-electron chi connectivity index (χ3n) is 9.56. The van der Waals surface area contributed by atoms with E-state index in [2.05, 4.69) is 168 Å². The van der Waals surface area contributed by atoms with Gasteiger partial charge in [0.05, 0.1) is 16.7 Å². The summed E-state index contributed by atoms with van der Waals surface area (Å²) in [7, 11) is 0. The van der Waals surface area contributed by atoms with Crippen molar-refractivity contribution < 1.29 is 0 Å². The average molecular weight is 604 g/mol. The Morgan fingerprint density at radius 1 is 0.532 bits per heavy atom. The van der Waals surface area contributed by atoms with Crippen LogP contribution in [0.2, 0.25) is 0 Å². The fourth-order valence-corrected chi connectivity index (χ4v) is 7.20. The minimum absolute atomic E-state index is 0.761. The van der Waals surface area contributed by atoms with Crippen LogP contribution in [0.25, 0.3) is 66.2 Å². The Labute approximate surface area is 274 Å². The van der Waals surface area contributed by atoms with Gasteiger partial charge in [-0.3, -0.25) is 0 Å². The molecule has 0 amide bonds. The number of hydrogen-bond donors (Lipinski definition) is 1. The molecule has 2 heterocycles. The molecule has 0 atom stereocenters. The van der Waals surface area contributed by atoms with E-state index in [1.54, 1.807) is 0 Å². The number of fused-ring (bicyclic) bond motifs is 5. The van der Waals surface area contributed by atoms with E-state index in [0.29, 0.717) is 0 Å². The van der Waals surface area contributed by atoms with Crippen molar-refractivity contribution in [3.05, 3.63) is 169 Å². The van der Waals surface area contributed by atoms with Crippen LogP contribution in [0.5, 0.6) is 0 Å². The maximum Gasteiger partial charge on any atom is 0.130 e. The molecule has 3 heteroatoms. The summed E-state index contributed by atoms with van der Waals surface area (Å²) in [6.07, 6.45) is 8.63. The van der Waals surface area contributed by atoms with E-state index in [1.165, 1.54) is 66.1 Å². The lowest BCUT2D eigenvalue weighted by atomic mass is 9.98. The molecule has 6 aromatic carbocycles. The molecule has 0 bridgehead atoms. The topological polar surface area (TPSA) is 29.3 Å². The van der Waals surface area contributed by atoms with Crippen LogP contribution in [0.3, 0.4) is 0 Å². The molecule has 9 rings (SSSR count). The zero-order valence-corrected chi connectivity index (χ0v) is 26.0. The second-order valence-electron chi connectivity index (χ2n) is 12.3. The van der Waals surface area contributed by atoms with Gasteiger partial charge < -0.3 is 9.88 Å². The number of benzene rings is 6. The lowest BCUT2D eigenvalue weighted by Crippen LogP contribution is -2.29. The predicted octanol–water partition coefficient (Wildman–Crippen LogP) is 10.9. The molecular formula is C44H33N3. The molecule has 1 N–H and O–H groups in total. The summed E-state index contributed by atoms with van der Waals surface area (Å²) < 4.78 is 2.49. The molecule has 0 spiro atoms. The van der Waals surface area contributed by atoms with Crippen LogP contribution in [-0.4, -0.2) is 16.9 Å². The molecule has 3 nitrogen and oxygen atoms in total. The maximum atomic E-state index is 5.16. The Kier molecular flexibility index (Phi) is 6.68. The first-order valence-electron chi connectivity index (χ1n) is 16.4. The first-order valence-corrected chi connectivity index (χ1v) is 16.4. The summed E-state index contributed by atoms with van der Waals surface area (Å²) in [4.78, 5) is 5.16. The number of amidine groups is 1. The normalized spacial score (nSPS) is 14.8. The lowest BCUT2D eigenvalue weighted by molar-refractivity contribution is 0.928. The molecule has 0 fully saturated rings.